The Morgan fingerprint density at radius 2 is 2.03 bits per heavy atom. The molecule has 7 nitrogen and oxygen atoms in total. The Morgan fingerprint density at radius 1 is 1.21 bits per heavy atom. The zero-order valence-electron chi connectivity index (χ0n) is 18.9. The van der Waals surface area contributed by atoms with Crippen molar-refractivity contribution in [2.75, 3.05) is 13.7 Å². The van der Waals surface area contributed by atoms with Crippen LogP contribution in [-0.4, -0.2) is 34.0 Å². The minimum absolute atomic E-state index is 0.00627. The van der Waals surface area contributed by atoms with Crippen molar-refractivity contribution in [2.24, 2.45) is 0 Å². The van der Waals surface area contributed by atoms with Gasteiger partial charge in [-0.3, -0.25) is 19.1 Å². The molecule has 1 saturated carbocycles. The van der Waals surface area contributed by atoms with Gasteiger partial charge in [-0.2, -0.15) is 0 Å². The van der Waals surface area contributed by atoms with Crippen LogP contribution in [0.1, 0.15) is 60.6 Å². The lowest BCUT2D eigenvalue weighted by Crippen LogP contribution is -2.39. The average Bonchev–Trinajstić information content (AvgIpc) is 3.20. The Morgan fingerprint density at radius 3 is 2.82 bits per heavy atom. The number of ether oxygens (including phenoxy) is 1. The van der Waals surface area contributed by atoms with E-state index in [-0.39, 0.29) is 23.2 Å². The lowest BCUT2D eigenvalue weighted by Gasteiger charge is -2.27. The maximum Gasteiger partial charge on any atom is 0.329 e. The van der Waals surface area contributed by atoms with Crippen LogP contribution < -0.4 is 16.0 Å². The number of rotatable bonds is 5. The molecule has 1 N–H and O–H groups in total. The van der Waals surface area contributed by atoms with Crippen molar-refractivity contribution >= 4 is 27.5 Å². The van der Waals surface area contributed by atoms with Crippen molar-refractivity contribution in [1.82, 2.24) is 14.5 Å². The number of nitrogens with one attached hydrogen (secondary N) is 1. The SMILES string of the molecule is COc1cccc(CCC(=O)N2CCc3c(sc4[nH]c(=O)n(C5CCCCC5)c(=O)c34)C2)c1. The van der Waals surface area contributed by atoms with E-state index in [1.54, 1.807) is 7.11 Å². The maximum absolute atomic E-state index is 13.4. The van der Waals surface area contributed by atoms with E-state index in [1.807, 2.05) is 29.2 Å². The molecule has 0 spiro atoms. The van der Waals surface area contributed by atoms with E-state index in [0.29, 0.717) is 42.6 Å². The highest BCUT2D eigenvalue weighted by molar-refractivity contribution is 7.18. The Bertz CT molecular complexity index is 1300. The normalized spacial score (nSPS) is 16.7. The number of carbonyl (C=O) groups excluding carboxylic acids is 1. The molecule has 0 atom stereocenters. The van der Waals surface area contributed by atoms with E-state index >= 15 is 0 Å². The molecule has 1 fully saturated rings. The molecule has 1 aliphatic carbocycles. The van der Waals surface area contributed by atoms with Gasteiger partial charge in [-0.15, -0.1) is 11.3 Å². The molecule has 2 aromatic heterocycles. The smallest absolute Gasteiger partial charge is 0.329 e. The number of aromatic nitrogens is 2. The Balaban J connectivity index is 1.36. The first-order valence-corrected chi connectivity index (χ1v) is 12.6. The molecule has 3 heterocycles. The van der Waals surface area contributed by atoms with Gasteiger partial charge in [0, 0.05) is 23.9 Å². The first-order valence-electron chi connectivity index (χ1n) is 11.7. The van der Waals surface area contributed by atoms with Gasteiger partial charge >= 0.3 is 5.69 Å². The van der Waals surface area contributed by atoms with E-state index < -0.39 is 0 Å². The van der Waals surface area contributed by atoms with Crippen molar-refractivity contribution in [3.63, 3.8) is 0 Å². The first kappa shape index (κ1) is 21.9. The number of thiophene rings is 1. The lowest BCUT2D eigenvalue weighted by atomic mass is 9.95. The minimum atomic E-state index is -0.302. The molecule has 33 heavy (non-hydrogen) atoms. The van der Waals surface area contributed by atoms with Gasteiger partial charge in [0.25, 0.3) is 5.56 Å². The summed E-state index contributed by atoms with van der Waals surface area (Å²) in [4.78, 5) is 45.5. The van der Waals surface area contributed by atoms with Gasteiger partial charge in [0.05, 0.1) is 19.0 Å². The number of nitrogens with zero attached hydrogens (tertiary/aromatic N) is 2. The number of methoxy groups -OCH3 is 1. The first-order chi connectivity index (χ1) is 16.0. The second-order valence-electron chi connectivity index (χ2n) is 9.02. The summed E-state index contributed by atoms with van der Waals surface area (Å²) in [6.07, 6.45) is 6.79. The van der Waals surface area contributed by atoms with Crippen LogP contribution in [0.3, 0.4) is 0 Å². The summed E-state index contributed by atoms with van der Waals surface area (Å²) < 4.78 is 6.72. The molecule has 5 rings (SSSR count). The highest BCUT2D eigenvalue weighted by Gasteiger charge is 2.28. The number of amides is 1. The fourth-order valence-corrected chi connectivity index (χ4v) is 6.45. The highest BCUT2D eigenvalue weighted by atomic mass is 32.1. The number of aryl methyl sites for hydroxylation is 1. The molecule has 0 unspecified atom stereocenters. The fraction of sp³-hybridized carbons (Fsp3) is 0.480. The van der Waals surface area contributed by atoms with Crippen molar-refractivity contribution < 1.29 is 9.53 Å². The van der Waals surface area contributed by atoms with Gasteiger partial charge in [-0.05, 0) is 48.9 Å². The standard InChI is InChI=1S/C25H29N3O4S/c1-32-18-9-5-6-16(14-18)10-11-21(29)27-13-12-19-20(15-27)33-23-22(19)24(30)28(25(31)26-23)17-7-3-2-4-8-17/h5-6,9,14,17H,2-4,7-8,10-13,15H2,1H3,(H,26,31). The van der Waals surface area contributed by atoms with E-state index in [9.17, 15) is 14.4 Å². The predicted octanol–water partition coefficient (Wildman–Crippen LogP) is 3.78. The van der Waals surface area contributed by atoms with Crippen LogP contribution in [0.25, 0.3) is 10.2 Å². The fourth-order valence-electron chi connectivity index (χ4n) is 5.21. The molecule has 0 saturated heterocycles. The molecule has 0 bridgehead atoms. The van der Waals surface area contributed by atoms with E-state index in [2.05, 4.69) is 4.98 Å². The summed E-state index contributed by atoms with van der Waals surface area (Å²) in [5.41, 5.74) is 1.63. The van der Waals surface area contributed by atoms with Crippen LogP contribution in [0.5, 0.6) is 5.75 Å². The molecule has 1 aliphatic heterocycles. The molecule has 1 amide bonds. The second kappa shape index (κ2) is 9.17. The van der Waals surface area contributed by atoms with Gasteiger partial charge < -0.3 is 9.64 Å². The van der Waals surface area contributed by atoms with Crippen molar-refractivity contribution in [3.8, 4) is 5.75 Å². The van der Waals surface area contributed by atoms with Crippen molar-refractivity contribution in [2.45, 2.75) is 64.0 Å². The Labute approximate surface area is 196 Å². The van der Waals surface area contributed by atoms with Crippen LogP contribution in [0.4, 0.5) is 0 Å². The number of carbonyl (C=O) groups is 1. The zero-order valence-corrected chi connectivity index (χ0v) is 19.7. The van der Waals surface area contributed by atoms with Crippen LogP contribution in [0, 0.1) is 0 Å². The zero-order chi connectivity index (χ0) is 22.9. The molecular formula is C25H29N3O4S. The maximum atomic E-state index is 13.4. The number of H-pyrrole nitrogens is 1. The summed E-state index contributed by atoms with van der Waals surface area (Å²) in [7, 11) is 1.64. The average molecular weight is 468 g/mol. The molecule has 2 aliphatic rings. The second-order valence-corrected chi connectivity index (χ2v) is 10.1. The van der Waals surface area contributed by atoms with E-state index in [4.69, 9.17) is 4.74 Å². The summed E-state index contributed by atoms with van der Waals surface area (Å²) in [6, 6.07) is 7.79. The third-order valence-electron chi connectivity index (χ3n) is 6.98. The number of aromatic amines is 1. The number of hydrogen-bond donors (Lipinski definition) is 1. The third kappa shape index (κ3) is 4.24. The molecule has 0 radical (unpaired) electrons. The molecule has 1 aromatic carbocycles. The van der Waals surface area contributed by atoms with Gasteiger partial charge in [-0.1, -0.05) is 31.4 Å². The van der Waals surface area contributed by atoms with Crippen molar-refractivity contribution in [3.05, 3.63) is 61.1 Å². The van der Waals surface area contributed by atoms with Gasteiger partial charge in [0.15, 0.2) is 0 Å². The number of benzene rings is 1. The molecule has 3 aromatic rings. The highest BCUT2D eigenvalue weighted by Crippen LogP contribution is 2.33. The lowest BCUT2D eigenvalue weighted by molar-refractivity contribution is -0.132. The monoisotopic (exact) mass is 467 g/mol. The largest absolute Gasteiger partial charge is 0.497 e. The summed E-state index contributed by atoms with van der Waals surface area (Å²) in [5, 5.41) is 0.656. The predicted molar refractivity (Wildman–Crippen MR) is 129 cm³/mol. The number of hydrogen-bond acceptors (Lipinski definition) is 5. The van der Waals surface area contributed by atoms with E-state index in [1.165, 1.54) is 22.3 Å². The van der Waals surface area contributed by atoms with Crippen molar-refractivity contribution in [1.29, 1.82) is 0 Å². The number of fused-ring (bicyclic) bond motifs is 3. The van der Waals surface area contributed by atoms with Crippen LogP contribution in [-0.2, 0) is 24.2 Å². The summed E-state index contributed by atoms with van der Waals surface area (Å²) in [5.74, 6) is 0.898. The molecule has 174 valence electrons. The Kier molecular flexibility index (Phi) is 6.10. The summed E-state index contributed by atoms with van der Waals surface area (Å²) in [6.45, 7) is 1.09. The third-order valence-corrected chi connectivity index (χ3v) is 8.12. The van der Waals surface area contributed by atoms with Crippen LogP contribution >= 0.6 is 11.3 Å². The van der Waals surface area contributed by atoms with E-state index in [0.717, 1.165) is 47.4 Å². The summed E-state index contributed by atoms with van der Waals surface area (Å²) >= 11 is 1.44. The topological polar surface area (TPSA) is 84.4 Å². The molecule has 8 heteroatoms. The van der Waals surface area contributed by atoms with Gasteiger partial charge in [0.1, 0.15) is 10.6 Å². The van der Waals surface area contributed by atoms with Crippen LogP contribution in [0.2, 0.25) is 0 Å². The Hall–Kier alpha value is -2.87. The van der Waals surface area contributed by atoms with Gasteiger partial charge in [-0.25, -0.2) is 4.79 Å². The quantitative estimate of drug-likeness (QED) is 0.619. The van der Waals surface area contributed by atoms with Crippen LogP contribution in [0.15, 0.2) is 33.9 Å². The minimum Gasteiger partial charge on any atom is -0.497 e. The molecular weight excluding hydrogens is 438 g/mol. The van der Waals surface area contributed by atoms with Gasteiger partial charge in [0.2, 0.25) is 5.91 Å².